The number of hydrogen-bond donors (Lipinski definition) is 1. The first kappa shape index (κ1) is 18.5. The third-order valence-electron chi connectivity index (χ3n) is 7.44. The molecule has 28 heavy (non-hydrogen) atoms. The molecular weight excluding hydrogens is 420 g/mol. The van der Waals surface area contributed by atoms with Crippen LogP contribution in [0.1, 0.15) is 37.4 Å². The Morgan fingerprint density at radius 3 is 2.93 bits per heavy atom. The highest BCUT2D eigenvalue weighted by atomic mass is 79.9. The number of ether oxygens (including phenoxy) is 2. The molecule has 3 fully saturated rings. The van der Waals surface area contributed by atoms with Crippen molar-refractivity contribution in [3.05, 3.63) is 27.9 Å². The van der Waals surface area contributed by atoms with E-state index in [9.17, 15) is 4.79 Å². The van der Waals surface area contributed by atoms with E-state index in [2.05, 4.69) is 38.8 Å². The van der Waals surface area contributed by atoms with Gasteiger partial charge in [0, 0.05) is 35.7 Å². The highest BCUT2D eigenvalue weighted by Gasteiger charge is 2.62. The summed E-state index contributed by atoms with van der Waals surface area (Å²) in [5.41, 5.74) is 2.78. The summed E-state index contributed by atoms with van der Waals surface area (Å²) in [4.78, 5) is 19.7. The molecule has 4 heterocycles. The summed E-state index contributed by atoms with van der Waals surface area (Å²) in [5, 5.41) is 1.15. The van der Waals surface area contributed by atoms with E-state index in [-0.39, 0.29) is 12.0 Å². The van der Waals surface area contributed by atoms with Gasteiger partial charge < -0.3 is 14.5 Å². The number of methoxy groups -OCH3 is 2. The van der Waals surface area contributed by atoms with Crippen molar-refractivity contribution in [2.45, 2.75) is 44.1 Å². The van der Waals surface area contributed by atoms with Crippen LogP contribution >= 0.6 is 15.9 Å². The summed E-state index contributed by atoms with van der Waals surface area (Å²) in [6.07, 6.45) is 4.14. The van der Waals surface area contributed by atoms with Crippen molar-refractivity contribution >= 4 is 32.8 Å². The maximum Gasteiger partial charge on any atom is 0.319 e. The predicted molar refractivity (Wildman–Crippen MR) is 112 cm³/mol. The molecule has 0 radical (unpaired) electrons. The van der Waals surface area contributed by atoms with Crippen LogP contribution in [0.15, 0.2) is 16.6 Å². The molecule has 1 N–H and O–H groups in total. The molecule has 5 nitrogen and oxygen atoms in total. The number of nitrogens with one attached hydrogen (secondary N) is 1. The molecule has 4 bridgehead atoms. The molecule has 5 atom stereocenters. The Balaban J connectivity index is 1.82. The number of aromatic amines is 1. The monoisotopic (exact) mass is 446 g/mol. The van der Waals surface area contributed by atoms with E-state index < -0.39 is 5.41 Å². The molecule has 6 rings (SSSR count). The van der Waals surface area contributed by atoms with E-state index in [1.54, 1.807) is 7.11 Å². The van der Waals surface area contributed by atoms with Gasteiger partial charge in [0.2, 0.25) is 0 Å². The number of H-pyrrole nitrogens is 1. The Hall–Kier alpha value is -1.53. The number of carbonyl (C=O) groups excluding carboxylic acids is 1. The highest BCUT2D eigenvalue weighted by Crippen LogP contribution is 2.56. The van der Waals surface area contributed by atoms with Crippen LogP contribution in [0.25, 0.3) is 10.9 Å². The lowest BCUT2D eigenvalue weighted by molar-refractivity contribution is -0.162. The zero-order chi connectivity index (χ0) is 19.6. The van der Waals surface area contributed by atoms with Crippen LogP contribution in [-0.4, -0.2) is 49.2 Å². The van der Waals surface area contributed by atoms with E-state index in [0.717, 1.165) is 59.2 Å². The number of halogens is 1. The van der Waals surface area contributed by atoms with Crippen molar-refractivity contribution in [2.75, 3.05) is 27.3 Å². The Bertz CT molecular complexity index is 955. The molecule has 0 spiro atoms. The number of benzene rings is 1. The van der Waals surface area contributed by atoms with Crippen molar-refractivity contribution in [3.63, 3.8) is 0 Å². The van der Waals surface area contributed by atoms with Crippen molar-refractivity contribution in [3.8, 4) is 5.75 Å². The third-order valence-corrected chi connectivity index (χ3v) is 8.23. The fourth-order valence-corrected chi connectivity index (χ4v) is 7.25. The first-order valence-electron chi connectivity index (χ1n) is 10.2. The number of piperidine rings is 2. The Morgan fingerprint density at radius 1 is 1.39 bits per heavy atom. The molecule has 6 heteroatoms. The fourth-order valence-electron chi connectivity index (χ4n) is 6.51. The predicted octanol–water partition coefficient (Wildman–Crippen LogP) is 4.03. The summed E-state index contributed by atoms with van der Waals surface area (Å²) in [6.45, 7) is 4.35. The van der Waals surface area contributed by atoms with E-state index in [1.807, 2.05) is 6.07 Å². The molecule has 2 saturated heterocycles. The molecule has 4 unspecified atom stereocenters. The van der Waals surface area contributed by atoms with E-state index in [0.29, 0.717) is 11.8 Å². The number of fused-ring (bicyclic) bond motifs is 4. The van der Waals surface area contributed by atoms with E-state index in [4.69, 9.17) is 9.47 Å². The largest absolute Gasteiger partial charge is 0.496 e. The highest BCUT2D eigenvalue weighted by molar-refractivity contribution is 9.10. The number of rotatable bonds is 3. The van der Waals surface area contributed by atoms with Crippen LogP contribution in [0.5, 0.6) is 5.75 Å². The smallest absolute Gasteiger partial charge is 0.319 e. The molecule has 2 aromatic rings. The summed E-state index contributed by atoms with van der Waals surface area (Å²) in [5.74, 6) is 1.82. The van der Waals surface area contributed by atoms with Crippen molar-refractivity contribution < 1.29 is 14.3 Å². The molecular formula is C22H27BrN2O3. The number of hydrogen-bond acceptors (Lipinski definition) is 4. The van der Waals surface area contributed by atoms with Gasteiger partial charge in [-0.05, 0) is 64.7 Å². The molecule has 0 amide bonds. The number of esters is 1. The second kappa shape index (κ2) is 6.49. The van der Waals surface area contributed by atoms with Crippen LogP contribution in [0, 0.1) is 11.8 Å². The first-order chi connectivity index (χ1) is 13.5. The van der Waals surface area contributed by atoms with E-state index in [1.165, 1.54) is 19.1 Å². The molecule has 1 aliphatic carbocycles. The lowest BCUT2D eigenvalue weighted by atomic mass is 9.56. The zero-order valence-corrected chi connectivity index (χ0v) is 18.3. The van der Waals surface area contributed by atoms with Gasteiger partial charge in [-0.25, -0.2) is 0 Å². The van der Waals surface area contributed by atoms with Gasteiger partial charge in [0.15, 0.2) is 0 Å². The zero-order valence-electron chi connectivity index (χ0n) is 16.7. The van der Waals surface area contributed by atoms with Crippen molar-refractivity contribution in [1.29, 1.82) is 0 Å². The van der Waals surface area contributed by atoms with Gasteiger partial charge in [-0.2, -0.15) is 0 Å². The van der Waals surface area contributed by atoms with Crippen molar-refractivity contribution in [1.82, 2.24) is 9.88 Å². The van der Waals surface area contributed by atoms with Crippen LogP contribution in [0.4, 0.5) is 0 Å². The molecule has 1 saturated carbocycles. The number of aromatic nitrogens is 1. The fraction of sp³-hybridized carbons (Fsp3) is 0.591. The van der Waals surface area contributed by atoms with Gasteiger partial charge in [0.05, 0.1) is 18.7 Å². The first-order valence-corrected chi connectivity index (χ1v) is 11.0. The molecule has 3 aliphatic heterocycles. The second-order valence-corrected chi connectivity index (χ2v) is 9.40. The summed E-state index contributed by atoms with van der Waals surface area (Å²) < 4.78 is 12.0. The topological polar surface area (TPSA) is 54.6 Å². The van der Waals surface area contributed by atoms with Gasteiger partial charge in [0.25, 0.3) is 0 Å². The maximum absolute atomic E-state index is 13.4. The average Bonchev–Trinajstić information content (AvgIpc) is 3.07. The molecule has 4 aliphatic rings. The van der Waals surface area contributed by atoms with Gasteiger partial charge in [-0.15, -0.1) is 0 Å². The third kappa shape index (κ3) is 2.25. The lowest BCUT2D eigenvalue weighted by Gasteiger charge is -2.57. The molecule has 150 valence electrons. The second-order valence-electron chi connectivity index (χ2n) is 8.61. The van der Waals surface area contributed by atoms with E-state index >= 15 is 0 Å². The van der Waals surface area contributed by atoms with Gasteiger partial charge in [-0.1, -0.05) is 13.3 Å². The molecule has 1 aromatic carbocycles. The minimum Gasteiger partial charge on any atom is -0.496 e. The summed E-state index contributed by atoms with van der Waals surface area (Å²) in [7, 11) is 3.23. The maximum atomic E-state index is 13.4. The summed E-state index contributed by atoms with van der Waals surface area (Å²) >= 11 is 3.76. The van der Waals surface area contributed by atoms with Gasteiger partial charge in [-0.3, -0.25) is 9.69 Å². The van der Waals surface area contributed by atoms with Gasteiger partial charge in [0.1, 0.15) is 11.2 Å². The standard InChI is InChI=1S/C22H27BrN2O3/c1-4-13-9-12-10-22(21(26)28-3)19-14(7-8-25(11-12)20(13)22)17-15(24-19)5-6-16(27-2)18(17)23/h5-6,12-13,20,24H,4,7-11H2,1-3H3/t12?,13?,20?,22-/m1/s1. The quantitative estimate of drug-likeness (QED) is 0.723. The van der Waals surface area contributed by atoms with Crippen molar-refractivity contribution in [2.24, 2.45) is 11.8 Å². The Kier molecular flexibility index (Phi) is 4.29. The Labute approximate surface area is 173 Å². The summed E-state index contributed by atoms with van der Waals surface area (Å²) in [6, 6.07) is 4.25. The SMILES string of the molecule is CCC1CC2CN3CCc4c([nH]c5ccc(OC)c(Br)c45)[C@](C(=O)OC)(C2)C13. The normalized spacial score (nSPS) is 33.4. The van der Waals surface area contributed by atoms with Crippen LogP contribution in [-0.2, 0) is 21.4 Å². The van der Waals surface area contributed by atoms with Crippen LogP contribution in [0.3, 0.4) is 0 Å². The number of carbonyl (C=O) groups is 1. The average molecular weight is 447 g/mol. The minimum atomic E-state index is -0.603. The molecule has 1 aromatic heterocycles. The lowest BCUT2D eigenvalue weighted by Crippen LogP contribution is -2.67. The van der Waals surface area contributed by atoms with Crippen LogP contribution in [0.2, 0.25) is 0 Å². The van der Waals surface area contributed by atoms with Crippen LogP contribution < -0.4 is 4.74 Å². The number of nitrogens with zero attached hydrogens (tertiary/aromatic N) is 1. The minimum absolute atomic E-state index is 0.0804. The van der Waals surface area contributed by atoms with Gasteiger partial charge >= 0.3 is 5.97 Å². The Morgan fingerprint density at radius 2 is 2.21 bits per heavy atom.